The van der Waals surface area contributed by atoms with E-state index in [-0.39, 0.29) is 17.2 Å². The summed E-state index contributed by atoms with van der Waals surface area (Å²) in [5.74, 6) is -1.16. The minimum Gasteiger partial charge on any atom is -0.273 e. The summed E-state index contributed by atoms with van der Waals surface area (Å²) in [7, 11) is -4.06. The van der Waals surface area contributed by atoms with Gasteiger partial charge >= 0.3 is 0 Å². The second kappa shape index (κ2) is 9.71. The summed E-state index contributed by atoms with van der Waals surface area (Å²) in [4.78, 5) is 13.4. The zero-order chi connectivity index (χ0) is 24.3. The van der Waals surface area contributed by atoms with Gasteiger partial charge in [-0.3, -0.25) is 4.79 Å². The maximum atomic E-state index is 13.3. The fourth-order valence-electron chi connectivity index (χ4n) is 3.62. The zero-order valence-corrected chi connectivity index (χ0v) is 20.2. The Morgan fingerprint density at radius 1 is 0.971 bits per heavy atom. The SMILES string of the molecule is CC(C)c1ccc(S(=O)(=O)NC(=O)C(Cc2ccc(C#N)cc2)c2ccc3nsnc3c2)cc1. The van der Waals surface area contributed by atoms with Crippen LogP contribution in [0.2, 0.25) is 0 Å². The number of rotatable bonds is 7. The van der Waals surface area contributed by atoms with Gasteiger partial charge in [-0.25, -0.2) is 13.1 Å². The van der Waals surface area contributed by atoms with Gasteiger partial charge in [0.1, 0.15) is 11.0 Å². The average Bonchev–Trinajstić information content (AvgIpc) is 3.30. The fourth-order valence-corrected chi connectivity index (χ4v) is 5.16. The maximum Gasteiger partial charge on any atom is 0.264 e. The van der Waals surface area contributed by atoms with Crippen LogP contribution in [0.5, 0.6) is 0 Å². The fraction of sp³-hybridized carbons (Fsp3) is 0.200. The smallest absolute Gasteiger partial charge is 0.264 e. The van der Waals surface area contributed by atoms with Crippen molar-refractivity contribution in [2.75, 3.05) is 0 Å². The third-order valence-corrected chi connectivity index (χ3v) is 7.53. The van der Waals surface area contributed by atoms with Gasteiger partial charge in [-0.1, -0.05) is 44.2 Å². The van der Waals surface area contributed by atoms with Crippen molar-refractivity contribution < 1.29 is 13.2 Å². The number of fused-ring (bicyclic) bond motifs is 1. The molecule has 7 nitrogen and oxygen atoms in total. The summed E-state index contributed by atoms with van der Waals surface area (Å²) in [6, 6.07) is 20.8. The highest BCUT2D eigenvalue weighted by molar-refractivity contribution is 7.90. The van der Waals surface area contributed by atoms with Crippen LogP contribution >= 0.6 is 11.7 Å². The molecule has 3 aromatic carbocycles. The van der Waals surface area contributed by atoms with Crippen LogP contribution in [0.1, 0.15) is 47.9 Å². The molecule has 0 aliphatic heterocycles. The molecule has 172 valence electrons. The number of nitrogens with zero attached hydrogens (tertiary/aromatic N) is 3. The number of nitriles is 1. The number of hydrogen-bond acceptors (Lipinski definition) is 7. The first-order valence-electron chi connectivity index (χ1n) is 10.6. The van der Waals surface area contributed by atoms with Gasteiger partial charge < -0.3 is 0 Å². The first-order valence-corrected chi connectivity index (χ1v) is 12.9. The Morgan fingerprint density at radius 3 is 2.26 bits per heavy atom. The van der Waals surface area contributed by atoms with E-state index in [0.29, 0.717) is 22.2 Å². The van der Waals surface area contributed by atoms with Crippen molar-refractivity contribution in [1.29, 1.82) is 5.26 Å². The van der Waals surface area contributed by atoms with Gasteiger partial charge in [0.15, 0.2) is 0 Å². The van der Waals surface area contributed by atoms with Gasteiger partial charge in [-0.15, -0.1) is 0 Å². The third-order valence-electron chi connectivity index (χ3n) is 5.61. The Labute approximate surface area is 202 Å². The molecule has 0 aliphatic carbocycles. The van der Waals surface area contributed by atoms with Crippen LogP contribution in [-0.2, 0) is 21.2 Å². The summed E-state index contributed by atoms with van der Waals surface area (Å²) < 4.78 is 36.6. The minimum absolute atomic E-state index is 0.0292. The van der Waals surface area contributed by atoms with Gasteiger partial charge in [-0.2, -0.15) is 14.0 Å². The molecule has 0 saturated heterocycles. The van der Waals surface area contributed by atoms with Crippen LogP contribution in [0.3, 0.4) is 0 Å². The molecule has 0 fully saturated rings. The summed E-state index contributed by atoms with van der Waals surface area (Å²) in [6.45, 7) is 4.04. The van der Waals surface area contributed by atoms with E-state index in [4.69, 9.17) is 5.26 Å². The molecule has 1 atom stereocenters. The highest BCUT2D eigenvalue weighted by Crippen LogP contribution is 2.26. The number of carbonyl (C=O) groups is 1. The van der Waals surface area contributed by atoms with Gasteiger partial charge in [0, 0.05) is 0 Å². The van der Waals surface area contributed by atoms with Crippen molar-refractivity contribution in [3.8, 4) is 6.07 Å². The van der Waals surface area contributed by atoms with Crippen molar-refractivity contribution in [1.82, 2.24) is 13.5 Å². The third kappa shape index (κ3) is 5.14. The van der Waals surface area contributed by atoms with Gasteiger partial charge in [0.25, 0.3) is 10.0 Å². The normalized spacial score (nSPS) is 12.4. The van der Waals surface area contributed by atoms with E-state index in [1.807, 2.05) is 13.8 Å². The van der Waals surface area contributed by atoms with Gasteiger partial charge in [-0.05, 0) is 65.4 Å². The molecule has 34 heavy (non-hydrogen) atoms. The Hall–Kier alpha value is -3.61. The zero-order valence-electron chi connectivity index (χ0n) is 18.6. The van der Waals surface area contributed by atoms with Gasteiger partial charge in [0.2, 0.25) is 5.91 Å². The molecule has 0 radical (unpaired) electrons. The van der Waals surface area contributed by atoms with E-state index in [1.165, 1.54) is 12.1 Å². The topological polar surface area (TPSA) is 113 Å². The van der Waals surface area contributed by atoms with Crippen molar-refractivity contribution in [3.63, 3.8) is 0 Å². The number of nitrogens with one attached hydrogen (secondary N) is 1. The Kier molecular flexibility index (Phi) is 6.72. The lowest BCUT2D eigenvalue weighted by molar-refractivity contribution is -0.120. The highest BCUT2D eigenvalue weighted by Gasteiger charge is 2.27. The first kappa shape index (κ1) is 23.5. The Bertz CT molecular complexity index is 1470. The number of aromatic nitrogens is 2. The molecule has 1 heterocycles. The van der Waals surface area contributed by atoms with E-state index < -0.39 is 21.8 Å². The van der Waals surface area contributed by atoms with E-state index in [0.717, 1.165) is 22.9 Å². The summed E-state index contributed by atoms with van der Waals surface area (Å²) in [5, 5.41) is 9.05. The molecule has 0 saturated carbocycles. The van der Waals surface area contributed by atoms with Crippen LogP contribution in [0.25, 0.3) is 11.0 Å². The van der Waals surface area contributed by atoms with Crippen LogP contribution < -0.4 is 4.72 Å². The maximum absolute atomic E-state index is 13.3. The highest BCUT2D eigenvalue weighted by atomic mass is 32.2. The standard InChI is InChI=1S/C25H22N4O3S2/c1-16(2)19-7-10-21(11-8-19)34(31,32)29-25(30)22(13-17-3-5-18(15-26)6-4-17)20-9-12-23-24(14-20)28-33-27-23/h3-12,14,16,22H,13H2,1-2H3,(H,29,30). The summed E-state index contributed by atoms with van der Waals surface area (Å²) in [5.41, 5.74) is 4.31. The number of sulfonamides is 1. The molecular weight excluding hydrogens is 468 g/mol. The lowest BCUT2D eigenvalue weighted by Gasteiger charge is -2.18. The van der Waals surface area contributed by atoms with Crippen LogP contribution in [-0.4, -0.2) is 23.1 Å². The number of hydrogen-bond donors (Lipinski definition) is 1. The van der Waals surface area contributed by atoms with Crippen LogP contribution in [0.15, 0.2) is 71.6 Å². The van der Waals surface area contributed by atoms with Crippen LogP contribution in [0, 0.1) is 11.3 Å². The lowest BCUT2D eigenvalue weighted by atomic mass is 9.91. The molecule has 4 rings (SSSR count). The van der Waals surface area contributed by atoms with E-state index in [1.54, 1.807) is 54.6 Å². The average molecular weight is 491 g/mol. The first-order chi connectivity index (χ1) is 16.3. The molecule has 1 amide bonds. The quantitative estimate of drug-likeness (QED) is 0.408. The molecule has 1 N–H and O–H groups in total. The summed E-state index contributed by atoms with van der Waals surface area (Å²) >= 11 is 1.07. The molecule has 0 spiro atoms. The second-order valence-corrected chi connectivity index (χ2v) is 10.5. The van der Waals surface area contributed by atoms with Gasteiger partial charge in [0.05, 0.1) is 34.2 Å². The Morgan fingerprint density at radius 2 is 1.62 bits per heavy atom. The van der Waals surface area contributed by atoms with Crippen molar-refractivity contribution in [2.24, 2.45) is 0 Å². The van der Waals surface area contributed by atoms with E-state index in [9.17, 15) is 13.2 Å². The lowest BCUT2D eigenvalue weighted by Crippen LogP contribution is -2.35. The molecule has 4 aromatic rings. The largest absolute Gasteiger partial charge is 0.273 e. The molecular formula is C25H22N4O3S2. The molecule has 1 unspecified atom stereocenters. The predicted octanol–water partition coefficient (Wildman–Crippen LogP) is 4.52. The number of carbonyl (C=O) groups excluding carboxylic acids is 1. The molecule has 9 heteroatoms. The summed E-state index contributed by atoms with van der Waals surface area (Å²) in [6.07, 6.45) is 0.252. The number of amides is 1. The number of benzene rings is 3. The van der Waals surface area contributed by atoms with Crippen LogP contribution in [0.4, 0.5) is 0 Å². The van der Waals surface area contributed by atoms with E-state index >= 15 is 0 Å². The van der Waals surface area contributed by atoms with Crippen molar-refractivity contribution >= 4 is 38.7 Å². The Balaban J connectivity index is 1.65. The second-order valence-electron chi connectivity index (χ2n) is 8.27. The van der Waals surface area contributed by atoms with Crippen molar-refractivity contribution in [3.05, 3.63) is 89.0 Å². The van der Waals surface area contributed by atoms with E-state index in [2.05, 4.69) is 19.5 Å². The molecule has 0 aliphatic rings. The minimum atomic E-state index is -4.06. The van der Waals surface area contributed by atoms with Crippen molar-refractivity contribution in [2.45, 2.75) is 37.0 Å². The molecule has 1 aromatic heterocycles. The monoisotopic (exact) mass is 490 g/mol. The molecule has 0 bridgehead atoms. The predicted molar refractivity (Wildman–Crippen MR) is 131 cm³/mol.